The van der Waals surface area contributed by atoms with Crippen LogP contribution in [0.1, 0.15) is 32.8 Å². The highest BCUT2D eigenvalue weighted by Gasteiger charge is 2.40. The van der Waals surface area contributed by atoms with E-state index in [1.165, 1.54) is 31.2 Å². The maximum Gasteiger partial charge on any atom is 0.365 e. The van der Waals surface area contributed by atoms with Gasteiger partial charge in [-0.05, 0) is 32.4 Å². The van der Waals surface area contributed by atoms with E-state index in [0.29, 0.717) is 12.0 Å². The zero-order valence-corrected chi connectivity index (χ0v) is 14.0. The van der Waals surface area contributed by atoms with E-state index >= 15 is 0 Å². The molecule has 0 aromatic heterocycles. The smallest absolute Gasteiger partial charge is 0.302 e. The number of allylic oxidation sites excluding steroid dienone is 1. The van der Waals surface area contributed by atoms with Crippen molar-refractivity contribution in [3.63, 3.8) is 0 Å². The van der Waals surface area contributed by atoms with Crippen LogP contribution in [-0.2, 0) is 18.4 Å². The van der Waals surface area contributed by atoms with Crippen molar-refractivity contribution in [2.45, 2.75) is 39.4 Å². The fraction of sp³-hybridized carbons (Fsp3) is 0.400. The second-order valence-corrected chi connectivity index (χ2v) is 7.40. The van der Waals surface area contributed by atoms with Crippen LogP contribution in [0.4, 0.5) is 5.69 Å². The highest BCUT2D eigenvalue weighted by molar-refractivity contribution is 7.60. The van der Waals surface area contributed by atoms with E-state index in [2.05, 4.69) is 0 Å². The molecule has 1 heterocycles. The second-order valence-electron chi connectivity index (χ2n) is 5.50. The number of nitrogens with zero attached hydrogens (tertiary/aromatic N) is 1. The molecule has 0 bridgehead atoms. The largest absolute Gasteiger partial charge is 0.365 e. The van der Waals surface area contributed by atoms with Gasteiger partial charge >= 0.3 is 7.60 Å². The average molecular weight is 339 g/mol. The molecular weight excluding hydrogens is 321 g/mol. The number of hydrogen-bond donors (Lipinski definition) is 0. The van der Waals surface area contributed by atoms with Crippen LogP contribution >= 0.6 is 7.60 Å². The Morgan fingerprint density at radius 1 is 1.35 bits per heavy atom. The molecule has 2 atom stereocenters. The molecule has 0 unspecified atom stereocenters. The van der Waals surface area contributed by atoms with Gasteiger partial charge in [0.05, 0.1) is 17.1 Å². The van der Waals surface area contributed by atoms with Crippen LogP contribution in [0.5, 0.6) is 0 Å². The second kappa shape index (κ2) is 6.74. The number of carbonyl (C=O) groups excluding carboxylic acids is 1. The molecule has 0 saturated carbocycles. The molecule has 8 heteroatoms. The molecule has 0 spiro atoms. The van der Waals surface area contributed by atoms with Gasteiger partial charge in [0.25, 0.3) is 5.69 Å². The summed E-state index contributed by atoms with van der Waals surface area (Å²) in [5.41, 5.74) is 0.268. The minimum absolute atomic E-state index is 0.101. The van der Waals surface area contributed by atoms with Crippen molar-refractivity contribution >= 4 is 25.1 Å². The summed E-state index contributed by atoms with van der Waals surface area (Å²) in [7, 11) is -3.75. The lowest BCUT2D eigenvalue weighted by Crippen LogP contribution is -2.25. The van der Waals surface area contributed by atoms with Crippen LogP contribution in [0.3, 0.4) is 0 Å². The maximum absolute atomic E-state index is 13.0. The summed E-state index contributed by atoms with van der Waals surface area (Å²) in [6.45, 7) is 4.78. The van der Waals surface area contributed by atoms with Gasteiger partial charge in [0.15, 0.2) is 5.78 Å². The predicted molar refractivity (Wildman–Crippen MR) is 85.1 cm³/mol. The number of carbonyl (C=O) groups is 1. The lowest BCUT2D eigenvalue weighted by atomic mass is 10.2. The third kappa shape index (κ3) is 4.13. The van der Waals surface area contributed by atoms with Gasteiger partial charge in [-0.3, -0.25) is 19.5 Å². The van der Waals surface area contributed by atoms with Crippen LogP contribution in [-0.4, -0.2) is 22.9 Å². The van der Waals surface area contributed by atoms with Crippen LogP contribution in [0.15, 0.2) is 29.6 Å². The number of nitro benzene ring substituents is 1. The summed E-state index contributed by atoms with van der Waals surface area (Å²) in [5.74, 6) is -0.457. The average Bonchev–Trinajstić information content (AvgIpc) is 2.43. The lowest BCUT2D eigenvalue weighted by Gasteiger charge is -2.32. The Hall–Kier alpha value is -1.82. The molecule has 1 fully saturated rings. The first kappa shape index (κ1) is 17.5. The Balaban J connectivity index is 2.46. The van der Waals surface area contributed by atoms with E-state index in [0.717, 1.165) is 0 Å². The van der Waals surface area contributed by atoms with Gasteiger partial charge in [-0.1, -0.05) is 12.1 Å². The van der Waals surface area contributed by atoms with Crippen molar-refractivity contribution in [2.75, 3.05) is 0 Å². The van der Waals surface area contributed by atoms with Gasteiger partial charge in [0.1, 0.15) is 5.31 Å². The van der Waals surface area contributed by atoms with Crippen molar-refractivity contribution in [3.05, 3.63) is 45.3 Å². The van der Waals surface area contributed by atoms with Gasteiger partial charge in [-0.25, -0.2) is 0 Å². The summed E-state index contributed by atoms with van der Waals surface area (Å²) in [5, 5.41) is 10.7. The topological polar surface area (TPSA) is 95.7 Å². The van der Waals surface area contributed by atoms with Gasteiger partial charge < -0.3 is 9.05 Å². The molecule has 124 valence electrons. The number of non-ortho nitro benzene ring substituents is 1. The molecule has 0 amide bonds. The summed E-state index contributed by atoms with van der Waals surface area (Å²) in [4.78, 5) is 22.3. The fourth-order valence-corrected chi connectivity index (χ4v) is 4.51. The summed E-state index contributed by atoms with van der Waals surface area (Å²) in [6.07, 6.45) is 1.29. The van der Waals surface area contributed by atoms with Crippen molar-refractivity contribution in [1.82, 2.24) is 0 Å². The summed E-state index contributed by atoms with van der Waals surface area (Å²) in [6, 6.07) is 5.71. The van der Waals surface area contributed by atoms with E-state index < -0.39 is 18.3 Å². The lowest BCUT2D eigenvalue weighted by molar-refractivity contribution is -0.384. The van der Waals surface area contributed by atoms with Crippen LogP contribution in [0.25, 0.3) is 6.08 Å². The molecule has 1 aliphatic rings. The van der Waals surface area contributed by atoms with E-state index in [1.54, 1.807) is 19.9 Å². The first-order valence-electron chi connectivity index (χ1n) is 7.16. The Labute approximate surface area is 134 Å². The van der Waals surface area contributed by atoms with Crippen molar-refractivity contribution in [3.8, 4) is 0 Å². The minimum atomic E-state index is -3.75. The van der Waals surface area contributed by atoms with E-state index in [9.17, 15) is 19.5 Å². The molecule has 7 nitrogen and oxygen atoms in total. The summed E-state index contributed by atoms with van der Waals surface area (Å²) >= 11 is 0. The van der Waals surface area contributed by atoms with Crippen molar-refractivity contribution < 1.29 is 23.3 Å². The van der Waals surface area contributed by atoms with Crippen LogP contribution in [0.2, 0.25) is 0 Å². The van der Waals surface area contributed by atoms with Crippen molar-refractivity contribution in [1.29, 1.82) is 0 Å². The third-order valence-corrected chi connectivity index (χ3v) is 5.65. The Bertz CT molecular complexity index is 700. The Morgan fingerprint density at radius 2 is 1.96 bits per heavy atom. The Kier molecular flexibility index (Phi) is 5.14. The number of nitro groups is 1. The maximum atomic E-state index is 13.0. The SMILES string of the molecule is CC(=O)C(=Cc1cccc([N+](=O)[O-])c1)P1(=O)O[C@@H](C)C[C@H](C)O1. The standard InChI is InChI=1S/C15H18NO6P/c1-10-7-11(2)22-23(20,21-10)15(12(3)17)9-13-5-4-6-14(8-13)16(18)19/h4-6,8-11H,7H2,1-3H3/t10-,11-/m0/s1. The molecule has 1 aromatic carbocycles. The molecule has 0 N–H and O–H groups in total. The summed E-state index contributed by atoms with van der Waals surface area (Å²) < 4.78 is 23.8. The van der Waals surface area contributed by atoms with Gasteiger partial charge in [0, 0.05) is 18.6 Å². The van der Waals surface area contributed by atoms with Crippen molar-refractivity contribution in [2.24, 2.45) is 0 Å². The molecular formula is C15H18NO6P. The number of hydrogen-bond acceptors (Lipinski definition) is 6. The highest BCUT2D eigenvalue weighted by atomic mass is 31.2. The van der Waals surface area contributed by atoms with Crippen LogP contribution < -0.4 is 0 Å². The number of ketones is 1. The highest BCUT2D eigenvalue weighted by Crippen LogP contribution is 2.61. The quantitative estimate of drug-likeness (QED) is 0.357. The molecule has 0 aliphatic carbocycles. The van der Waals surface area contributed by atoms with Gasteiger partial charge in [0.2, 0.25) is 0 Å². The van der Waals surface area contributed by atoms with E-state index in [4.69, 9.17) is 9.05 Å². The zero-order valence-electron chi connectivity index (χ0n) is 13.1. The number of rotatable bonds is 4. The van der Waals surface area contributed by atoms with Crippen LogP contribution in [0, 0.1) is 10.1 Å². The zero-order chi connectivity index (χ0) is 17.2. The molecule has 1 aromatic rings. The van der Waals surface area contributed by atoms with Gasteiger partial charge in [-0.15, -0.1) is 0 Å². The first-order chi connectivity index (χ1) is 10.7. The third-order valence-electron chi connectivity index (χ3n) is 3.34. The Morgan fingerprint density at radius 3 is 2.48 bits per heavy atom. The minimum Gasteiger partial charge on any atom is -0.302 e. The molecule has 0 radical (unpaired) electrons. The fourth-order valence-electron chi connectivity index (χ4n) is 2.43. The predicted octanol–water partition coefficient (Wildman–Crippen LogP) is 3.93. The molecule has 1 aliphatic heterocycles. The normalized spacial score (nSPS) is 28.4. The number of benzene rings is 1. The molecule has 2 rings (SSSR count). The van der Waals surface area contributed by atoms with Gasteiger partial charge in [-0.2, -0.15) is 0 Å². The monoisotopic (exact) mass is 339 g/mol. The van der Waals surface area contributed by atoms with E-state index in [1.807, 2.05) is 0 Å². The number of Topliss-reactive ketones (excluding diaryl/α,β-unsaturated/α-hetero) is 1. The molecule has 1 saturated heterocycles. The first-order valence-corrected chi connectivity index (χ1v) is 8.70. The van der Waals surface area contributed by atoms with E-state index in [-0.39, 0.29) is 23.2 Å². The molecule has 23 heavy (non-hydrogen) atoms.